The number of anilines is 1. The molecule has 0 bridgehead atoms. The second-order valence-electron chi connectivity index (χ2n) is 5.18. The summed E-state index contributed by atoms with van der Waals surface area (Å²) in [6.45, 7) is 3.98. The Hall–Kier alpha value is -1.86. The number of nitrogens with two attached hydrogens (primary N) is 1. The Bertz CT molecular complexity index is 688. The molecule has 2 N–H and O–H groups in total. The Morgan fingerprint density at radius 3 is 2.38 bits per heavy atom. The first kappa shape index (κ1) is 15.5. The maximum absolute atomic E-state index is 12.9. The molecule has 1 heterocycles. The lowest BCUT2D eigenvalue weighted by Gasteiger charge is -2.26. The van der Waals surface area contributed by atoms with Gasteiger partial charge in [0.15, 0.2) is 10.8 Å². The van der Waals surface area contributed by atoms with E-state index in [-0.39, 0.29) is 16.9 Å². The molecule has 0 amide bonds. The fourth-order valence-electron chi connectivity index (χ4n) is 2.17. The number of nitrogens with zero attached hydrogens (tertiary/aromatic N) is 3. The summed E-state index contributed by atoms with van der Waals surface area (Å²) in [5.74, 6) is 0.0243. The van der Waals surface area contributed by atoms with E-state index in [2.05, 4.69) is 4.98 Å². The van der Waals surface area contributed by atoms with Crippen LogP contribution in [0.2, 0.25) is 0 Å². The molecule has 0 unspecified atom stereocenters. The Kier molecular flexibility index (Phi) is 4.34. The van der Waals surface area contributed by atoms with Gasteiger partial charge >= 0.3 is 0 Å². The third kappa shape index (κ3) is 3.08. The van der Waals surface area contributed by atoms with E-state index < -0.39 is 10.0 Å². The highest BCUT2D eigenvalue weighted by atomic mass is 32.2. The lowest BCUT2D eigenvalue weighted by molar-refractivity contribution is 0.345. The van der Waals surface area contributed by atoms with Crippen LogP contribution in [-0.2, 0) is 23.6 Å². The molecule has 0 saturated carbocycles. The van der Waals surface area contributed by atoms with Crippen molar-refractivity contribution in [2.75, 3.05) is 5.73 Å². The van der Waals surface area contributed by atoms with Gasteiger partial charge in [-0.3, -0.25) is 0 Å². The molecule has 0 saturated heterocycles. The minimum Gasteiger partial charge on any atom is -0.381 e. The number of aryl methyl sites for hydroxylation is 1. The lowest BCUT2D eigenvalue weighted by atomic mass is 10.2. The fraction of sp³-hybridized carbons (Fsp3) is 0.357. The minimum absolute atomic E-state index is 0.0243. The summed E-state index contributed by atoms with van der Waals surface area (Å²) in [5.41, 5.74) is 6.65. The van der Waals surface area contributed by atoms with Crippen LogP contribution in [0.4, 0.5) is 5.82 Å². The summed E-state index contributed by atoms with van der Waals surface area (Å²) in [6.07, 6.45) is 1.41. The maximum atomic E-state index is 12.9. The lowest BCUT2D eigenvalue weighted by Crippen LogP contribution is -2.37. The number of rotatable bonds is 5. The molecule has 114 valence electrons. The highest BCUT2D eigenvalue weighted by Crippen LogP contribution is 2.24. The maximum Gasteiger partial charge on any atom is 0.263 e. The topological polar surface area (TPSA) is 81.2 Å². The second kappa shape index (κ2) is 5.87. The van der Waals surface area contributed by atoms with Crippen molar-refractivity contribution in [2.45, 2.75) is 31.5 Å². The first-order valence-electron chi connectivity index (χ1n) is 6.66. The van der Waals surface area contributed by atoms with E-state index in [1.165, 1.54) is 15.2 Å². The van der Waals surface area contributed by atoms with Gasteiger partial charge in [-0.05, 0) is 19.4 Å². The average Bonchev–Trinajstić information content (AvgIpc) is 2.76. The predicted molar refractivity (Wildman–Crippen MR) is 81.9 cm³/mol. The van der Waals surface area contributed by atoms with Gasteiger partial charge in [-0.25, -0.2) is 13.4 Å². The molecule has 1 aromatic heterocycles. The van der Waals surface area contributed by atoms with E-state index in [0.717, 1.165) is 5.56 Å². The van der Waals surface area contributed by atoms with Crippen molar-refractivity contribution in [2.24, 2.45) is 7.05 Å². The highest BCUT2D eigenvalue weighted by molar-refractivity contribution is 7.89. The van der Waals surface area contributed by atoms with Crippen molar-refractivity contribution in [3.8, 4) is 0 Å². The van der Waals surface area contributed by atoms with Gasteiger partial charge in [0.1, 0.15) is 0 Å². The Balaban J connectivity index is 2.43. The molecular weight excluding hydrogens is 288 g/mol. The standard InChI is InChI=1S/C14H20N4O2S/c1-11(2)18(9-12-7-5-4-6-8-12)21(19,20)14-13(15)16-10-17(14)3/h4-8,10-11H,9,15H2,1-3H3. The van der Waals surface area contributed by atoms with Gasteiger partial charge in [-0.2, -0.15) is 4.31 Å². The van der Waals surface area contributed by atoms with E-state index >= 15 is 0 Å². The molecule has 0 atom stereocenters. The largest absolute Gasteiger partial charge is 0.381 e. The van der Waals surface area contributed by atoms with Crippen molar-refractivity contribution in [1.82, 2.24) is 13.9 Å². The van der Waals surface area contributed by atoms with Crippen molar-refractivity contribution in [3.63, 3.8) is 0 Å². The quantitative estimate of drug-likeness (QED) is 0.909. The molecule has 0 aliphatic rings. The Morgan fingerprint density at radius 1 is 1.29 bits per heavy atom. The zero-order chi connectivity index (χ0) is 15.6. The van der Waals surface area contributed by atoms with Gasteiger partial charge < -0.3 is 10.3 Å². The van der Waals surface area contributed by atoms with Crippen LogP contribution in [0, 0.1) is 0 Å². The van der Waals surface area contributed by atoms with Crippen molar-refractivity contribution < 1.29 is 8.42 Å². The van der Waals surface area contributed by atoms with Crippen molar-refractivity contribution in [1.29, 1.82) is 0 Å². The van der Waals surface area contributed by atoms with Gasteiger partial charge in [0.25, 0.3) is 10.0 Å². The first-order chi connectivity index (χ1) is 9.84. The van der Waals surface area contributed by atoms with Gasteiger partial charge in [0.2, 0.25) is 0 Å². The number of benzene rings is 1. The molecule has 0 radical (unpaired) electrons. The molecule has 0 spiro atoms. The monoisotopic (exact) mass is 308 g/mol. The molecule has 2 aromatic rings. The van der Waals surface area contributed by atoms with Crippen molar-refractivity contribution in [3.05, 3.63) is 42.2 Å². The molecular formula is C14H20N4O2S. The van der Waals surface area contributed by atoms with Crippen LogP contribution in [0.3, 0.4) is 0 Å². The minimum atomic E-state index is -3.71. The summed E-state index contributed by atoms with van der Waals surface area (Å²) in [6, 6.07) is 9.29. The number of hydrogen-bond donors (Lipinski definition) is 1. The first-order valence-corrected chi connectivity index (χ1v) is 8.10. The predicted octanol–water partition coefficient (Wildman–Crippen LogP) is 1.60. The van der Waals surface area contributed by atoms with E-state index in [1.807, 2.05) is 44.2 Å². The second-order valence-corrected chi connectivity index (χ2v) is 6.98. The van der Waals surface area contributed by atoms with Gasteiger partial charge in [0.05, 0.1) is 6.33 Å². The van der Waals surface area contributed by atoms with Gasteiger partial charge in [0, 0.05) is 19.6 Å². The van der Waals surface area contributed by atoms with Gasteiger partial charge in [-0.1, -0.05) is 30.3 Å². The summed E-state index contributed by atoms with van der Waals surface area (Å²) in [5, 5.41) is 0.0344. The summed E-state index contributed by atoms with van der Waals surface area (Å²) in [7, 11) is -2.09. The fourth-order valence-corrected chi connectivity index (χ4v) is 4.00. The molecule has 2 rings (SSSR count). The third-order valence-electron chi connectivity index (χ3n) is 3.22. The van der Waals surface area contributed by atoms with E-state index in [0.29, 0.717) is 6.54 Å². The highest BCUT2D eigenvalue weighted by Gasteiger charge is 2.31. The van der Waals surface area contributed by atoms with E-state index in [1.54, 1.807) is 7.05 Å². The van der Waals surface area contributed by atoms with E-state index in [9.17, 15) is 8.42 Å². The van der Waals surface area contributed by atoms with Crippen LogP contribution in [0.15, 0.2) is 41.7 Å². The molecule has 6 nitrogen and oxygen atoms in total. The Labute approximate surface area is 125 Å². The molecule has 0 fully saturated rings. The normalized spacial score (nSPS) is 12.2. The number of imidazole rings is 1. The van der Waals surface area contributed by atoms with Crippen LogP contribution in [0.5, 0.6) is 0 Å². The number of aromatic nitrogens is 2. The zero-order valence-electron chi connectivity index (χ0n) is 12.4. The van der Waals surface area contributed by atoms with E-state index in [4.69, 9.17) is 5.73 Å². The molecule has 0 aliphatic heterocycles. The number of hydrogen-bond acceptors (Lipinski definition) is 4. The molecule has 21 heavy (non-hydrogen) atoms. The molecule has 0 aliphatic carbocycles. The smallest absolute Gasteiger partial charge is 0.263 e. The summed E-state index contributed by atoms with van der Waals surface area (Å²) >= 11 is 0. The van der Waals surface area contributed by atoms with Crippen LogP contribution in [0.1, 0.15) is 19.4 Å². The summed E-state index contributed by atoms with van der Waals surface area (Å²) in [4.78, 5) is 3.87. The van der Waals surface area contributed by atoms with Crippen LogP contribution in [-0.4, -0.2) is 28.3 Å². The number of nitrogen functional groups attached to an aromatic ring is 1. The third-order valence-corrected chi connectivity index (χ3v) is 5.37. The number of sulfonamides is 1. The van der Waals surface area contributed by atoms with Crippen LogP contribution < -0.4 is 5.73 Å². The molecule has 1 aromatic carbocycles. The zero-order valence-corrected chi connectivity index (χ0v) is 13.2. The average molecular weight is 308 g/mol. The summed E-state index contributed by atoms with van der Waals surface area (Å²) < 4.78 is 28.6. The van der Waals surface area contributed by atoms with Crippen molar-refractivity contribution >= 4 is 15.8 Å². The van der Waals surface area contributed by atoms with Gasteiger partial charge in [-0.15, -0.1) is 0 Å². The molecule has 7 heteroatoms. The van der Waals surface area contributed by atoms with Crippen LogP contribution in [0.25, 0.3) is 0 Å². The Morgan fingerprint density at radius 2 is 1.90 bits per heavy atom. The van der Waals surface area contributed by atoms with Crippen LogP contribution >= 0.6 is 0 Å². The SMILES string of the molecule is CC(C)N(Cc1ccccc1)S(=O)(=O)c1c(N)ncn1C.